The lowest BCUT2D eigenvalue weighted by molar-refractivity contribution is -0.120. The van der Waals surface area contributed by atoms with Gasteiger partial charge in [-0.2, -0.15) is 0 Å². The van der Waals surface area contributed by atoms with Crippen molar-refractivity contribution >= 4 is 23.2 Å². The normalized spacial score (nSPS) is 14.8. The zero-order chi connectivity index (χ0) is 22.2. The number of carbonyl (C=O) groups excluding carboxylic acids is 2. The van der Waals surface area contributed by atoms with Crippen molar-refractivity contribution in [2.75, 3.05) is 56.5 Å². The third-order valence-corrected chi connectivity index (χ3v) is 5.53. The first-order chi connectivity index (χ1) is 14.9. The zero-order valence-electron chi connectivity index (χ0n) is 18.6. The highest BCUT2D eigenvalue weighted by molar-refractivity contribution is 5.93. The Morgan fingerprint density at radius 1 is 0.871 bits per heavy atom. The van der Waals surface area contributed by atoms with Crippen molar-refractivity contribution in [3.8, 4) is 5.75 Å². The molecule has 2 N–H and O–H groups in total. The van der Waals surface area contributed by atoms with E-state index in [4.69, 9.17) is 4.74 Å². The topological polar surface area (TPSA) is 73.9 Å². The molecular formula is C24H32N4O3. The lowest BCUT2D eigenvalue weighted by Crippen LogP contribution is -2.50. The van der Waals surface area contributed by atoms with Gasteiger partial charge in [-0.25, -0.2) is 0 Å². The summed E-state index contributed by atoms with van der Waals surface area (Å²) in [4.78, 5) is 29.0. The average molecular weight is 425 g/mol. The highest BCUT2D eigenvalue weighted by Crippen LogP contribution is 2.18. The predicted octanol–water partition coefficient (Wildman–Crippen LogP) is 2.90. The van der Waals surface area contributed by atoms with E-state index in [0.29, 0.717) is 19.7 Å². The molecule has 7 heteroatoms. The number of benzene rings is 2. The average Bonchev–Trinajstić information content (AvgIpc) is 2.74. The Kier molecular flexibility index (Phi) is 8.03. The maximum Gasteiger partial charge on any atom is 0.238 e. The summed E-state index contributed by atoms with van der Waals surface area (Å²) in [6, 6.07) is 13.3. The number of ether oxygens (including phenoxy) is 1. The summed E-state index contributed by atoms with van der Waals surface area (Å²) in [6.07, 6.45) is 0. The summed E-state index contributed by atoms with van der Waals surface area (Å²) >= 11 is 0. The van der Waals surface area contributed by atoms with E-state index in [1.54, 1.807) is 0 Å². The number of piperazine rings is 1. The predicted molar refractivity (Wildman–Crippen MR) is 124 cm³/mol. The van der Waals surface area contributed by atoms with Crippen LogP contribution < -0.4 is 15.4 Å². The van der Waals surface area contributed by atoms with Crippen LogP contribution in [0, 0.1) is 13.8 Å². The van der Waals surface area contributed by atoms with E-state index in [1.807, 2.05) is 63.2 Å². The van der Waals surface area contributed by atoms with Crippen LogP contribution in [-0.4, -0.2) is 67.5 Å². The number of nitrogens with zero attached hydrogens (tertiary/aromatic N) is 2. The van der Waals surface area contributed by atoms with Gasteiger partial charge in [0.15, 0.2) is 0 Å². The number of hydrogen-bond donors (Lipinski definition) is 2. The van der Waals surface area contributed by atoms with E-state index in [-0.39, 0.29) is 11.8 Å². The minimum absolute atomic E-state index is 0.00427. The summed E-state index contributed by atoms with van der Waals surface area (Å²) in [7, 11) is 0. The van der Waals surface area contributed by atoms with Crippen LogP contribution in [-0.2, 0) is 9.59 Å². The lowest BCUT2D eigenvalue weighted by atomic mass is 10.1. The van der Waals surface area contributed by atoms with Crippen molar-refractivity contribution in [3.63, 3.8) is 0 Å². The molecule has 0 unspecified atom stereocenters. The van der Waals surface area contributed by atoms with Gasteiger partial charge in [0, 0.05) is 37.6 Å². The molecule has 2 aromatic rings. The summed E-state index contributed by atoms with van der Waals surface area (Å²) < 4.78 is 5.41. The van der Waals surface area contributed by atoms with Gasteiger partial charge in [-0.1, -0.05) is 12.1 Å². The quantitative estimate of drug-likeness (QED) is 0.682. The number of hydrogen-bond acceptors (Lipinski definition) is 5. The molecule has 2 amide bonds. The van der Waals surface area contributed by atoms with Crippen molar-refractivity contribution in [2.24, 2.45) is 0 Å². The molecule has 1 heterocycles. The van der Waals surface area contributed by atoms with Crippen LogP contribution in [0.4, 0.5) is 11.4 Å². The van der Waals surface area contributed by atoms with Crippen LogP contribution in [0.5, 0.6) is 5.75 Å². The molecular weight excluding hydrogens is 392 g/mol. The standard InChI is InChI=1S/C24H32N4O3/c1-4-31-21-10-8-20(9-11-21)25-23(29)16-27-12-14-28(15-13-27)17-24(30)26-22-7-5-6-18(2)19(22)3/h5-11H,4,12-17H2,1-3H3,(H,25,29)(H,26,30). The molecule has 0 bridgehead atoms. The number of nitrogens with one attached hydrogen (secondary N) is 2. The molecule has 0 spiro atoms. The van der Waals surface area contributed by atoms with E-state index >= 15 is 0 Å². The van der Waals surface area contributed by atoms with E-state index in [1.165, 1.54) is 0 Å². The summed E-state index contributed by atoms with van der Waals surface area (Å²) in [5.41, 5.74) is 3.89. The van der Waals surface area contributed by atoms with Gasteiger partial charge in [0.05, 0.1) is 19.7 Å². The third-order valence-electron chi connectivity index (χ3n) is 5.53. The van der Waals surface area contributed by atoms with Gasteiger partial charge in [-0.05, 0) is 62.2 Å². The van der Waals surface area contributed by atoms with Gasteiger partial charge in [-0.3, -0.25) is 19.4 Å². The fraction of sp³-hybridized carbons (Fsp3) is 0.417. The molecule has 1 saturated heterocycles. The molecule has 2 aromatic carbocycles. The van der Waals surface area contributed by atoms with E-state index in [0.717, 1.165) is 54.4 Å². The number of anilines is 2. The number of amides is 2. The molecule has 0 saturated carbocycles. The Bertz CT molecular complexity index is 890. The van der Waals surface area contributed by atoms with Gasteiger partial charge >= 0.3 is 0 Å². The van der Waals surface area contributed by atoms with Gasteiger partial charge < -0.3 is 15.4 Å². The van der Waals surface area contributed by atoms with Crippen molar-refractivity contribution in [1.82, 2.24) is 9.80 Å². The van der Waals surface area contributed by atoms with Gasteiger partial charge in [0.25, 0.3) is 0 Å². The van der Waals surface area contributed by atoms with Crippen LogP contribution in [0.3, 0.4) is 0 Å². The molecule has 1 aliphatic rings. The summed E-state index contributed by atoms with van der Waals surface area (Å²) in [5.74, 6) is 0.749. The number of aryl methyl sites for hydroxylation is 1. The Balaban J connectivity index is 1.39. The molecule has 1 aliphatic heterocycles. The van der Waals surface area contributed by atoms with E-state index in [2.05, 4.69) is 20.4 Å². The molecule has 0 radical (unpaired) electrons. The van der Waals surface area contributed by atoms with Crippen molar-refractivity contribution in [1.29, 1.82) is 0 Å². The summed E-state index contributed by atoms with van der Waals surface area (Å²) in [5, 5.41) is 5.94. The van der Waals surface area contributed by atoms with Crippen LogP contribution in [0.2, 0.25) is 0 Å². The Morgan fingerprint density at radius 2 is 1.45 bits per heavy atom. The molecule has 3 rings (SSSR count). The number of carbonyl (C=O) groups is 2. The number of rotatable bonds is 8. The zero-order valence-corrected chi connectivity index (χ0v) is 18.6. The Morgan fingerprint density at radius 3 is 2.03 bits per heavy atom. The van der Waals surface area contributed by atoms with Crippen LogP contribution in [0.1, 0.15) is 18.1 Å². The van der Waals surface area contributed by atoms with Crippen LogP contribution in [0.25, 0.3) is 0 Å². The first-order valence-corrected chi connectivity index (χ1v) is 10.8. The molecule has 0 aromatic heterocycles. The highest BCUT2D eigenvalue weighted by atomic mass is 16.5. The third kappa shape index (κ3) is 6.80. The second-order valence-corrected chi connectivity index (χ2v) is 7.85. The second kappa shape index (κ2) is 10.9. The highest BCUT2D eigenvalue weighted by Gasteiger charge is 2.21. The monoisotopic (exact) mass is 424 g/mol. The second-order valence-electron chi connectivity index (χ2n) is 7.85. The fourth-order valence-corrected chi connectivity index (χ4v) is 3.59. The molecule has 31 heavy (non-hydrogen) atoms. The van der Waals surface area contributed by atoms with Crippen molar-refractivity contribution < 1.29 is 14.3 Å². The molecule has 1 fully saturated rings. The minimum Gasteiger partial charge on any atom is -0.494 e. The Labute approximate surface area is 184 Å². The minimum atomic E-state index is -0.0368. The molecule has 0 atom stereocenters. The maximum atomic E-state index is 12.4. The molecule has 0 aliphatic carbocycles. The van der Waals surface area contributed by atoms with Crippen LogP contribution >= 0.6 is 0 Å². The van der Waals surface area contributed by atoms with Crippen LogP contribution in [0.15, 0.2) is 42.5 Å². The van der Waals surface area contributed by atoms with Gasteiger partial charge in [-0.15, -0.1) is 0 Å². The summed E-state index contributed by atoms with van der Waals surface area (Å²) in [6.45, 7) is 10.3. The molecule has 7 nitrogen and oxygen atoms in total. The van der Waals surface area contributed by atoms with Gasteiger partial charge in [0.2, 0.25) is 11.8 Å². The largest absolute Gasteiger partial charge is 0.494 e. The first-order valence-electron chi connectivity index (χ1n) is 10.8. The van der Waals surface area contributed by atoms with E-state index in [9.17, 15) is 9.59 Å². The Hall–Kier alpha value is -2.90. The van der Waals surface area contributed by atoms with Crippen molar-refractivity contribution in [2.45, 2.75) is 20.8 Å². The first kappa shape index (κ1) is 22.8. The molecule has 166 valence electrons. The maximum absolute atomic E-state index is 12.4. The van der Waals surface area contributed by atoms with E-state index < -0.39 is 0 Å². The van der Waals surface area contributed by atoms with Crippen molar-refractivity contribution in [3.05, 3.63) is 53.6 Å². The SMILES string of the molecule is CCOc1ccc(NC(=O)CN2CCN(CC(=O)Nc3cccc(C)c3C)CC2)cc1. The smallest absolute Gasteiger partial charge is 0.238 e. The lowest BCUT2D eigenvalue weighted by Gasteiger charge is -2.33. The van der Waals surface area contributed by atoms with Gasteiger partial charge in [0.1, 0.15) is 5.75 Å². The fourth-order valence-electron chi connectivity index (χ4n) is 3.59.